The predicted molar refractivity (Wildman–Crippen MR) is 70.6 cm³/mol. The summed E-state index contributed by atoms with van der Waals surface area (Å²) in [5.74, 6) is 0.122. The van der Waals surface area contributed by atoms with Gasteiger partial charge in [-0.1, -0.05) is 30.5 Å². The van der Waals surface area contributed by atoms with Gasteiger partial charge in [-0.25, -0.2) is 4.31 Å². The first-order valence-electron chi connectivity index (χ1n) is 5.61. The lowest BCUT2D eigenvalue weighted by atomic mass is 9.89. The van der Waals surface area contributed by atoms with Crippen molar-refractivity contribution < 1.29 is 9.59 Å². The maximum Gasteiger partial charge on any atom is 0.280 e. The van der Waals surface area contributed by atoms with Gasteiger partial charge in [0.25, 0.3) is 11.8 Å². The quantitative estimate of drug-likeness (QED) is 0.463. The summed E-state index contributed by atoms with van der Waals surface area (Å²) in [4.78, 5) is 24.5. The average molecular weight is 255 g/mol. The van der Waals surface area contributed by atoms with E-state index < -0.39 is 0 Å². The lowest BCUT2D eigenvalue weighted by molar-refractivity contribution is -0.118. The van der Waals surface area contributed by atoms with Gasteiger partial charge in [-0.05, 0) is 29.7 Å². The lowest BCUT2D eigenvalue weighted by Crippen LogP contribution is -2.37. The number of carbonyl (C=O) groups is 2. The predicted octanol–water partition coefficient (Wildman–Crippen LogP) is 2.50. The minimum absolute atomic E-state index is 0.246. The Balaban J connectivity index is 2.28. The first-order chi connectivity index (χ1) is 8.74. The molecular weight excluding hydrogens is 246 g/mol. The van der Waals surface area contributed by atoms with Gasteiger partial charge in [0.05, 0.1) is 11.1 Å². The zero-order valence-electron chi connectivity index (χ0n) is 9.69. The largest absolute Gasteiger partial charge is 0.280 e. The SMILES string of the molecule is CCSN1C(=O)C2=C=C=Cc3cccc(c32)C1=O. The standard InChI is InChI=1S/C14H9NO2S/c1-2-18-15-13(16)10-7-3-5-9-6-4-8-11(12(9)10)14(15)17/h3,5-7H,2H2,1H3. The third kappa shape index (κ3) is 1.41. The highest BCUT2D eigenvalue weighted by molar-refractivity contribution is 7.98. The molecule has 1 aliphatic heterocycles. The number of amides is 2. The molecule has 2 amide bonds. The van der Waals surface area contributed by atoms with Crippen molar-refractivity contribution in [3.8, 4) is 0 Å². The van der Waals surface area contributed by atoms with Gasteiger partial charge < -0.3 is 0 Å². The molecule has 3 nitrogen and oxygen atoms in total. The zero-order valence-corrected chi connectivity index (χ0v) is 10.5. The molecule has 0 aromatic heterocycles. The van der Waals surface area contributed by atoms with Crippen molar-refractivity contribution in [3.05, 3.63) is 46.4 Å². The normalized spacial score (nSPS) is 15.8. The highest BCUT2D eigenvalue weighted by atomic mass is 32.2. The maximum atomic E-state index is 12.3. The molecule has 1 aliphatic carbocycles. The Labute approximate surface area is 109 Å². The van der Waals surface area contributed by atoms with E-state index in [1.807, 2.05) is 19.1 Å². The van der Waals surface area contributed by atoms with Gasteiger partial charge in [-0.2, -0.15) is 0 Å². The maximum absolute atomic E-state index is 12.3. The minimum Gasteiger partial charge on any atom is -0.268 e. The smallest absolute Gasteiger partial charge is 0.268 e. The Bertz CT molecular complexity index is 677. The molecule has 1 heterocycles. The van der Waals surface area contributed by atoms with Crippen molar-refractivity contribution in [2.24, 2.45) is 0 Å². The third-order valence-electron chi connectivity index (χ3n) is 2.84. The molecule has 1 aromatic carbocycles. The monoisotopic (exact) mass is 255 g/mol. The number of nitrogens with zero attached hydrogens (tertiary/aromatic N) is 1. The molecule has 1 aromatic rings. The number of hydrogen-bond donors (Lipinski definition) is 0. The summed E-state index contributed by atoms with van der Waals surface area (Å²) in [6.07, 6.45) is 1.74. The van der Waals surface area contributed by atoms with E-state index in [4.69, 9.17) is 0 Å². The Morgan fingerprint density at radius 2 is 2.11 bits per heavy atom. The van der Waals surface area contributed by atoms with Crippen molar-refractivity contribution in [1.29, 1.82) is 0 Å². The summed E-state index contributed by atoms with van der Waals surface area (Å²) in [5, 5.41) is 0. The van der Waals surface area contributed by atoms with Crippen LogP contribution in [0.15, 0.2) is 29.7 Å². The van der Waals surface area contributed by atoms with E-state index in [9.17, 15) is 9.59 Å². The van der Waals surface area contributed by atoms with E-state index in [-0.39, 0.29) is 11.8 Å². The fourth-order valence-electron chi connectivity index (χ4n) is 2.11. The van der Waals surface area contributed by atoms with Gasteiger partial charge in [-0.15, -0.1) is 0 Å². The number of hydrogen-bond acceptors (Lipinski definition) is 3. The van der Waals surface area contributed by atoms with Crippen LogP contribution in [0.2, 0.25) is 0 Å². The Kier molecular flexibility index (Phi) is 2.49. The Hall–Kier alpha value is -1.99. The summed E-state index contributed by atoms with van der Waals surface area (Å²) >= 11 is 1.22. The van der Waals surface area contributed by atoms with Crippen molar-refractivity contribution in [3.63, 3.8) is 0 Å². The Morgan fingerprint density at radius 3 is 2.89 bits per heavy atom. The molecule has 0 radical (unpaired) electrons. The van der Waals surface area contributed by atoms with Gasteiger partial charge in [0, 0.05) is 11.3 Å². The van der Waals surface area contributed by atoms with Crippen molar-refractivity contribution in [2.45, 2.75) is 6.92 Å². The second-order valence-corrected chi connectivity index (χ2v) is 5.08. The third-order valence-corrected chi connectivity index (χ3v) is 3.69. The van der Waals surface area contributed by atoms with Gasteiger partial charge in [0.15, 0.2) is 0 Å². The lowest BCUT2D eigenvalue weighted by Gasteiger charge is -2.27. The molecular formula is C14H9NO2S. The first-order valence-corrected chi connectivity index (χ1v) is 6.55. The van der Waals surface area contributed by atoms with E-state index in [0.717, 1.165) is 5.56 Å². The van der Waals surface area contributed by atoms with Crippen LogP contribution in [-0.4, -0.2) is 21.9 Å². The number of benzene rings is 1. The van der Waals surface area contributed by atoms with Crippen LogP contribution in [0.1, 0.15) is 28.4 Å². The topological polar surface area (TPSA) is 37.4 Å². The van der Waals surface area contributed by atoms with Gasteiger partial charge in [-0.3, -0.25) is 9.59 Å². The fourth-order valence-corrected chi connectivity index (χ4v) is 2.79. The molecule has 18 heavy (non-hydrogen) atoms. The summed E-state index contributed by atoms with van der Waals surface area (Å²) < 4.78 is 1.21. The van der Waals surface area contributed by atoms with E-state index in [2.05, 4.69) is 11.5 Å². The average Bonchev–Trinajstić information content (AvgIpc) is 2.40. The zero-order chi connectivity index (χ0) is 12.7. The van der Waals surface area contributed by atoms with Crippen LogP contribution in [0.4, 0.5) is 0 Å². The minimum atomic E-state index is -0.299. The van der Waals surface area contributed by atoms with Crippen LogP contribution >= 0.6 is 11.9 Å². The van der Waals surface area contributed by atoms with E-state index in [0.29, 0.717) is 22.5 Å². The molecule has 0 unspecified atom stereocenters. The van der Waals surface area contributed by atoms with E-state index in [1.54, 1.807) is 12.1 Å². The second kappa shape index (κ2) is 4.04. The molecule has 4 heteroatoms. The molecule has 88 valence electrons. The number of imide groups is 1. The molecule has 2 aliphatic rings. The first kappa shape index (κ1) is 11.1. The molecule has 3 rings (SSSR count). The van der Waals surface area contributed by atoms with Crippen molar-refractivity contribution >= 4 is 35.4 Å². The highest BCUT2D eigenvalue weighted by Crippen LogP contribution is 2.35. The van der Waals surface area contributed by atoms with Crippen LogP contribution in [0.25, 0.3) is 11.6 Å². The van der Waals surface area contributed by atoms with Crippen molar-refractivity contribution in [2.75, 3.05) is 5.75 Å². The van der Waals surface area contributed by atoms with Crippen LogP contribution in [0.5, 0.6) is 0 Å². The van der Waals surface area contributed by atoms with Crippen LogP contribution in [0.3, 0.4) is 0 Å². The van der Waals surface area contributed by atoms with Gasteiger partial charge >= 0.3 is 0 Å². The van der Waals surface area contributed by atoms with Gasteiger partial charge in [0.1, 0.15) is 0 Å². The molecule has 0 saturated carbocycles. The summed E-state index contributed by atoms with van der Waals surface area (Å²) in [6.45, 7) is 1.90. The molecule has 0 fully saturated rings. The highest BCUT2D eigenvalue weighted by Gasteiger charge is 2.36. The molecule has 0 atom stereocenters. The molecule has 0 bridgehead atoms. The van der Waals surface area contributed by atoms with Crippen LogP contribution in [0, 0.1) is 0 Å². The Morgan fingerprint density at radius 1 is 1.28 bits per heavy atom. The van der Waals surface area contributed by atoms with E-state index >= 15 is 0 Å². The van der Waals surface area contributed by atoms with Crippen LogP contribution in [-0.2, 0) is 4.79 Å². The fraction of sp³-hybridized carbons (Fsp3) is 0.143. The number of carbonyl (C=O) groups excluding carboxylic acids is 2. The number of rotatable bonds is 2. The molecule has 0 saturated heterocycles. The van der Waals surface area contributed by atoms with Crippen molar-refractivity contribution in [1.82, 2.24) is 4.31 Å². The second-order valence-electron chi connectivity index (χ2n) is 3.88. The summed E-state index contributed by atoms with van der Waals surface area (Å²) in [6, 6.07) is 5.44. The van der Waals surface area contributed by atoms with E-state index in [1.165, 1.54) is 16.3 Å². The van der Waals surface area contributed by atoms with Gasteiger partial charge in [0.2, 0.25) is 0 Å². The molecule has 0 spiro atoms. The van der Waals surface area contributed by atoms with Crippen LogP contribution < -0.4 is 0 Å². The summed E-state index contributed by atoms with van der Waals surface area (Å²) in [5.41, 5.74) is 8.20. The summed E-state index contributed by atoms with van der Waals surface area (Å²) in [7, 11) is 0. The molecule has 0 N–H and O–H groups in total.